The molecule has 0 radical (unpaired) electrons. The quantitative estimate of drug-likeness (QED) is 0.315. The van der Waals surface area contributed by atoms with Gasteiger partial charge in [-0.25, -0.2) is 0 Å². The molecule has 0 atom stereocenters. The summed E-state index contributed by atoms with van der Waals surface area (Å²) in [7, 11) is 2.96. The van der Waals surface area contributed by atoms with Gasteiger partial charge in [-0.1, -0.05) is 23.4 Å². The van der Waals surface area contributed by atoms with Crippen LogP contribution in [-0.2, 0) is 17.8 Å². The number of aromatic hydroxyl groups is 1. The Labute approximate surface area is 210 Å². The Morgan fingerprint density at radius 2 is 1.78 bits per heavy atom. The van der Waals surface area contributed by atoms with Gasteiger partial charge in [-0.15, -0.1) is 10.2 Å². The van der Waals surface area contributed by atoms with Crippen molar-refractivity contribution in [1.82, 2.24) is 24.9 Å². The van der Waals surface area contributed by atoms with E-state index in [-0.39, 0.29) is 36.2 Å². The van der Waals surface area contributed by atoms with Crippen LogP contribution in [0.3, 0.4) is 0 Å². The molecule has 12 heteroatoms. The van der Waals surface area contributed by atoms with Gasteiger partial charge in [0.05, 0.1) is 20.6 Å². The molecular formula is C25H23N5O7. The predicted molar refractivity (Wildman–Crippen MR) is 130 cm³/mol. The third kappa shape index (κ3) is 4.38. The van der Waals surface area contributed by atoms with Gasteiger partial charge in [-0.2, -0.15) is 4.98 Å². The summed E-state index contributed by atoms with van der Waals surface area (Å²) in [5.41, 5.74) is 0.493. The van der Waals surface area contributed by atoms with Crippen LogP contribution in [0.25, 0.3) is 28.1 Å². The summed E-state index contributed by atoms with van der Waals surface area (Å²) in [4.78, 5) is 17.2. The summed E-state index contributed by atoms with van der Waals surface area (Å²) in [6, 6.07) is 12.5. The molecule has 37 heavy (non-hydrogen) atoms. The number of hydrogen-bond acceptors (Lipinski definition) is 11. The smallest absolute Gasteiger partial charge is 0.289 e. The number of rotatable bonds is 9. The average Bonchev–Trinajstić information content (AvgIpc) is 3.54. The summed E-state index contributed by atoms with van der Waals surface area (Å²) < 4.78 is 28.9. The minimum Gasteiger partial charge on any atom is -0.494 e. The van der Waals surface area contributed by atoms with Crippen LogP contribution in [0.5, 0.6) is 17.4 Å². The standard InChI is InChI=1S/C25H23N5O7/c1-4-35-13-19-26-23(31)21(25(32)30(19)22-17(33-2)10-7-11-18(22)34-3)24-28-27-20(36-24)12-15-14-8-5-6-9-16(14)37-29-15/h5-11,32H,4,12-13H2,1-3H3. The molecule has 3 aromatic heterocycles. The van der Waals surface area contributed by atoms with E-state index in [4.69, 9.17) is 23.2 Å². The summed E-state index contributed by atoms with van der Waals surface area (Å²) in [6.07, 6.45) is 0.162. The molecule has 0 amide bonds. The Morgan fingerprint density at radius 1 is 1.03 bits per heavy atom. The van der Waals surface area contributed by atoms with Crippen LogP contribution in [0, 0.1) is 0 Å². The highest BCUT2D eigenvalue weighted by Gasteiger charge is 2.27. The third-order valence-electron chi connectivity index (χ3n) is 5.65. The molecule has 0 fully saturated rings. The molecule has 0 bridgehead atoms. The van der Waals surface area contributed by atoms with E-state index in [0.717, 1.165) is 5.39 Å². The molecule has 0 aliphatic rings. The molecule has 0 aliphatic heterocycles. The van der Waals surface area contributed by atoms with Crippen molar-refractivity contribution in [1.29, 1.82) is 0 Å². The van der Waals surface area contributed by atoms with Crippen LogP contribution in [0.2, 0.25) is 0 Å². The zero-order valence-electron chi connectivity index (χ0n) is 20.3. The van der Waals surface area contributed by atoms with E-state index in [2.05, 4.69) is 20.3 Å². The number of para-hydroxylation sites is 2. The first-order chi connectivity index (χ1) is 18.0. The van der Waals surface area contributed by atoms with E-state index in [0.29, 0.717) is 35.1 Å². The summed E-state index contributed by atoms with van der Waals surface area (Å²) in [6.45, 7) is 2.11. The Balaban J connectivity index is 1.63. The molecule has 190 valence electrons. The molecule has 1 N–H and O–H groups in total. The van der Waals surface area contributed by atoms with Crippen molar-refractivity contribution >= 4 is 11.0 Å². The number of methoxy groups -OCH3 is 2. The first-order valence-electron chi connectivity index (χ1n) is 11.4. The van der Waals surface area contributed by atoms with Crippen molar-refractivity contribution < 1.29 is 28.3 Å². The Morgan fingerprint density at radius 3 is 2.51 bits per heavy atom. The predicted octanol–water partition coefficient (Wildman–Crippen LogP) is 3.27. The van der Waals surface area contributed by atoms with Gasteiger partial charge in [0.25, 0.3) is 11.4 Å². The molecule has 5 rings (SSSR count). The molecular weight excluding hydrogens is 482 g/mol. The lowest BCUT2D eigenvalue weighted by Gasteiger charge is -2.20. The summed E-state index contributed by atoms with van der Waals surface area (Å²) >= 11 is 0. The molecule has 0 spiro atoms. The second-order valence-electron chi connectivity index (χ2n) is 7.82. The van der Waals surface area contributed by atoms with Gasteiger partial charge >= 0.3 is 0 Å². The van der Waals surface area contributed by atoms with Gasteiger partial charge in [0.15, 0.2) is 11.1 Å². The molecule has 0 unspecified atom stereocenters. The van der Waals surface area contributed by atoms with Crippen molar-refractivity contribution in [3.8, 4) is 34.5 Å². The summed E-state index contributed by atoms with van der Waals surface area (Å²) in [5.74, 6) is 0.348. The van der Waals surface area contributed by atoms with Crippen molar-refractivity contribution in [2.24, 2.45) is 0 Å². The maximum atomic E-state index is 13.1. The van der Waals surface area contributed by atoms with E-state index in [1.165, 1.54) is 18.8 Å². The van der Waals surface area contributed by atoms with Crippen LogP contribution in [0.1, 0.15) is 24.3 Å². The number of nitrogens with zero attached hydrogens (tertiary/aromatic N) is 5. The van der Waals surface area contributed by atoms with Gasteiger partial charge in [0, 0.05) is 12.0 Å². The third-order valence-corrected chi connectivity index (χ3v) is 5.65. The fourth-order valence-electron chi connectivity index (χ4n) is 3.95. The molecule has 0 saturated heterocycles. The highest BCUT2D eigenvalue weighted by molar-refractivity contribution is 5.79. The van der Waals surface area contributed by atoms with Gasteiger partial charge in [0.1, 0.15) is 35.3 Å². The van der Waals surface area contributed by atoms with Crippen molar-refractivity contribution in [2.45, 2.75) is 20.0 Å². The highest BCUT2D eigenvalue weighted by atomic mass is 16.5. The Hall–Kier alpha value is -4.71. The average molecular weight is 505 g/mol. The zero-order valence-corrected chi connectivity index (χ0v) is 20.3. The number of benzene rings is 2. The topological polar surface area (TPSA) is 148 Å². The fourth-order valence-corrected chi connectivity index (χ4v) is 3.95. The van der Waals surface area contributed by atoms with E-state index >= 15 is 0 Å². The lowest BCUT2D eigenvalue weighted by atomic mass is 10.2. The first-order valence-corrected chi connectivity index (χ1v) is 11.4. The van der Waals surface area contributed by atoms with E-state index in [1.807, 2.05) is 18.2 Å². The lowest BCUT2D eigenvalue weighted by molar-refractivity contribution is 0.125. The van der Waals surface area contributed by atoms with Gasteiger partial charge in [-0.3, -0.25) is 9.36 Å². The molecule has 2 aromatic carbocycles. The van der Waals surface area contributed by atoms with Gasteiger partial charge in [0.2, 0.25) is 11.8 Å². The maximum absolute atomic E-state index is 13.1. The number of fused-ring (bicyclic) bond motifs is 1. The first kappa shape index (κ1) is 24.0. The minimum atomic E-state index is -0.764. The van der Waals surface area contributed by atoms with Crippen LogP contribution < -0.4 is 15.0 Å². The molecule has 12 nitrogen and oxygen atoms in total. The number of hydrogen-bond donors (Lipinski definition) is 1. The zero-order chi connectivity index (χ0) is 25.9. The van der Waals surface area contributed by atoms with Crippen molar-refractivity contribution in [3.05, 3.63) is 70.2 Å². The molecule has 3 heterocycles. The van der Waals surface area contributed by atoms with Gasteiger partial charge < -0.3 is 28.3 Å². The van der Waals surface area contributed by atoms with E-state index in [1.54, 1.807) is 31.2 Å². The second kappa shape index (κ2) is 10.1. The number of ether oxygens (including phenoxy) is 3. The SMILES string of the molecule is CCOCc1nc(=O)c(-c2nnc(Cc3noc4ccccc34)o2)c(O)n1-c1c(OC)cccc1OC. The van der Waals surface area contributed by atoms with Crippen LogP contribution in [-0.4, -0.2) is 50.8 Å². The van der Waals surface area contributed by atoms with Crippen LogP contribution in [0.15, 0.2) is 56.2 Å². The van der Waals surface area contributed by atoms with Crippen LogP contribution in [0.4, 0.5) is 0 Å². The fraction of sp³-hybridized carbons (Fsp3) is 0.240. The monoisotopic (exact) mass is 505 g/mol. The maximum Gasteiger partial charge on any atom is 0.289 e. The second-order valence-corrected chi connectivity index (χ2v) is 7.82. The van der Waals surface area contributed by atoms with Crippen molar-refractivity contribution in [3.63, 3.8) is 0 Å². The largest absolute Gasteiger partial charge is 0.494 e. The van der Waals surface area contributed by atoms with E-state index < -0.39 is 11.4 Å². The van der Waals surface area contributed by atoms with Gasteiger partial charge in [-0.05, 0) is 31.2 Å². The van der Waals surface area contributed by atoms with E-state index in [9.17, 15) is 9.90 Å². The molecule has 5 aromatic rings. The van der Waals surface area contributed by atoms with Crippen molar-refractivity contribution in [2.75, 3.05) is 20.8 Å². The summed E-state index contributed by atoms with van der Waals surface area (Å²) in [5, 5.41) is 24.3. The molecule has 0 aliphatic carbocycles. The number of aromatic nitrogens is 5. The highest BCUT2D eigenvalue weighted by Crippen LogP contribution is 2.38. The molecule has 0 saturated carbocycles. The minimum absolute atomic E-state index is 0.0604. The lowest BCUT2D eigenvalue weighted by Crippen LogP contribution is -2.21. The Bertz CT molecular complexity index is 1600. The van der Waals surface area contributed by atoms with Crippen LogP contribution >= 0.6 is 0 Å². The normalized spacial score (nSPS) is 11.2. The Kier molecular flexibility index (Phi) is 6.56.